The molecule has 0 unspecified atom stereocenters. The molecular weight excluding hydrogens is 274 g/mol. The topological polar surface area (TPSA) is 56.3 Å². The Kier molecular flexibility index (Phi) is 4.53. The first-order chi connectivity index (χ1) is 8.32. The van der Waals surface area contributed by atoms with E-state index >= 15 is 0 Å². The number of aromatic nitrogens is 1. The first kappa shape index (κ1) is 14.7. The summed E-state index contributed by atoms with van der Waals surface area (Å²) in [6, 6.07) is 0. The molecule has 1 aromatic rings. The molecule has 18 heavy (non-hydrogen) atoms. The highest BCUT2D eigenvalue weighted by Crippen LogP contribution is 2.33. The van der Waals surface area contributed by atoms with E-state index in [0.717, 1.165) is 0 Å². The SMILES string of the molecule is C=C(c1c(C)cnc(OC)c1/C=C\C)S(=O)(=O)Cl. The zero-order valence-electron chi connectivity index (χ0n) is 10.4. The van der Waals surface area contributed by atoms with Crippen LogP contribution in [0.1, 0.15) is 23.6 Å². The first-order valence-corrected chi connectivity index (χ1v) is 7.44. The third-order valence-electron chi connectivity index (χ3n) is 2.37. The van der Waals surface area contributed by atoms with Crippen LogP contribution < -0.4 is 4.74 Å². The Balaban J connectivity index is 3.65. The van der Waals surface area contributed by atoms with E-state index in [2.05, 4.69) is 11.6 Å². The molecule has 0 radical (unpaired) electrons. The Morgan fingerprint density at radius 2 is 2.17 bits per heavy atom. The van der Waals surface area contributed by atoms with E-state index in [0.29, 0.717) is 22.6 Å². The second-order valence-electron chi connectivity index (χ2n) is 3.60. The molecule has 0 aliphatic rings. The van der Waals surface area contributed by atoms with Crippen molar-refractivity contribution in [3.8, 4) is 5.88 Å². The number of methoxy groups -OCH3 is 1. The van der Waals surface area contributed by atoms with Gasteiger partial charge in [-0.05, 0) is 19.4 Å². The maximum absolute atomic E-state index is 11.4. The Bertz CT molecular complexity index is 606. The van der Waals surface area contributed by atoms with Crippen molar-refractivity contribution >= 4 is 30.7 Å². The molecule has 1 heterocycles. The van der Waals surface area contributed by atoms with Crippen LogP contribution in [0, 0.1) is 6.92 Å². The van der Waals surface area contributed by atoms with Gasteiger partial charge < -0.3 is 4.74 Å². The molecular formula is C12H14ClNO3S. The maximum atomic E-state index is 11.4. The number of pyridine rings is 1. The molecule has 0 aliphatic carbocycles. The Morgan fingerprint density at radius 3 is 2.61 bits per heavy atom. The van der Waals surface area contributed by atoms with Crippen LogP contribution in [0.25, 0.3) is 11.0 Å². The normalized spacial score (nSPS) is 11.8. The predicted molar refractivity (Wildman–Crippen MR) is 74.0 cm³/mol. The summed E-state index contributed by atoms with van der Waals surface area (Å²) in [7, 11) is 2.93. The van der Waals surface area contributed by atoms with Gasteiger partial charge in [0.25, 0.3) is 9.05 Å². The summed E-state index contributed by atoms with van der Waals surface area (Å²) < 4.78 is 28.0. The molecule has 0 aromatic carbocycles. The monoisotopic (exact) mass is 287 g/mol. The number of ether oxygens (including phenoxy) is 1. The lowest BCUT2D eigenvalue weighted by Crippen LogP contribution is -2.02. The summed E-state index contributed by atoms with van der Waals surface area (Å²) in [6.07, 6.45) is 4.99. The molecule has 0 amide bonds. The van der Waals surface area contributed by atoms with Crippen molar-refractivity contribution in [3.63, 3.8) is 0 Å². The number of aryl methyl sites for hydroxylation is 1. The largest absolute Gasteiger partial charge is 0.481 e. The standard InChI is InChI=1S/C12H14ClNO3S/c1-5-6-10-11(9(3)18(13,15)16)8(2)7-14-12(10)17-4/h5-7H,3H2,1-2,4H3/b6-5-. The minimum Gasteiger partial charge on any atom is -0.481 e. The lowest BCUT2D eigenvalue weighted by atomic mass is 10.0. The van der Waals surface area contributed by atoms with Crippen LogP contribution in [0.4, 0.5) is 0 Å². The summed E-state index contributed by atoms with van der Waals surface area (Å²) in [6.45, 7) is 7.09. The predicted octanol–water partition coefficient (Wildman–Crippen LogP) is 2.97. The number of nitrogens with zero attached hydrogens (tertiary/aromatic N) is 1. The molecule has 0 saturated carbocycles. The van der Waals surface area contributed by atoms with Crippen LogP contribution in [0.5, 0.6) is 5.88 Å². The van der Waals surface area contributed by atoms with Crippen LogP contribution in [-0.4, -0.2) is 20.5 Å². The highest BCUT2D eigenvalue weighted by molar-refractivity contribution is 8.21. The van der Waals surface area contributed by atoms with Crippen molar-refractivity contribution in [1.82, 2.24) is 4.98 Å². The molecule has 1 rings (SSSR count). The van der Waals surface area contributed by atoms with Gasteiger partial charge in [0.2, 0.25) is 5.88 Å². The molecule has 0 N–H and O–H groups in total. The average molecular weight is 288 g/mol. The fraction of sp³-hybridized carbons (Fsp3) is 0.250. The van der Waals surface area contributed by atoms with Crippen molar-refractivity contribution in [2.75, 3.05) is 7.11 Å². The Morgan fingerprint density at radius 1 is 1.56 bits per heavy atom. The van der Waals surface area contributed by atoms with Crippen LogP contribution in [-0.2, 0) is 9.05 Å². The van der Waals surface area contributed by atoms with Gasteiger partial charge >= 0.3 is 0 Å². The lowest BCUT2D eigenvalue weighted by Gasteiger charge is -2.13. The van der Waals surface area contributed by atoms with Gasteiger partial charge in [-0.3, -0.25) is 0 Å². The molecule has 0 bridgehead atoms. The second-order valence-corrected chi connectivity index (χ2v) is 6.19. The fourth-order valence-corrected chi connectivity index (χ4v) is 2.33. The number of halogens is 1. The van der Waals surface area contributed by atoms with Gasteiger partial charge in [0.05, 0.1) is 12.0 Å². The highest BCUT2D eigenvalue weighted by atomic mass is 35.7. The van der Waals surface area contributed by atoms with Crippen molar-refractivity contribution in [1.29, 1.82) is 0 Å². The molecule has 0 aliphatic heterocycles. The number of rotatable bonds is 4. The van der Waals surface area contributed by atoms with E-state index in [1.165, 1.54) is 13.3 Å². The summed E-state index contributed by atoms with van der Waals surface area (Å²) in [5.74, 6) is 0.329. The molecule has 0 atom stereocenters. The zero-order chi connectivity index (χ0) is 13.9. The molecule has 98 valence electrons. The summed E-state index contributed by atoms with van der Waals surface area (Å²) in [5.41, 5.74) is 1.64. The molecule has 4 nitrogen and oxygen atoms in total. The molecule has 0 saturated heterocycles. The minimum atomic E-state index is -3.88. The molecule has 0 spiro atoms. The lowest BCUT2D eigenvalue weighted by molar-refractivity contribution is 0.396. The van der Waals surface area contributed by atoms with Crippen LogP contribution in [0.3, 0.4) is 0 Å². The van der Waals surface area contributed by atoms with Gasteiger partial charge in [0.15, 0.2) is 0 Å². The van der Waals surface area contributed by atoms with Crippen LogP contribution in [0.2, 0.25) is 0 Å². The number of allylic oxidation sites excluding steroid dienone is 1. The quantitative estimate of drug-likeness (QED) is 0.799. The third-order valence-corrected chi connectivity index (χ3v) is 3.72. The summed E-state index contributed by atoms with van der Waals surface area (Å²) in [4.78, 5) is 3.93. The molecule has 0 fully saturated rings. The minimum absolute atomic E-state index is 0.157. The zero-order valence-corrected chi connectivity index (χ0v) is 12.0. The van der Waals surface area contributed by atoms with E-state index in [4.69, 9.17) is 15.4 Å². The van der Waals surface area contributed by atoms with E-state index < -0.39 is 9.05 Å². The number of hydrogen-bond donors (Lipinski definition) is 0. The maximum Gasteiger partial charge on any atom is 0.261 e. The summed E-state index contributed by atoms with van der Waals surface area (Å²) in [5, 5.41) is 0. The van der Waals surface area contributed by atoms with Crippen molar-refractivity contribution < 1.29 is 13.2 Å². The summed E-state index contributed by atoms with van der Waals surface area (Å²) >= 11 is 0. The Hall–Kier alpha value is -1.33. The van der Waals surface area contributed by atoms with E-state index in [-0.39, 0.29) is 4.91 Å². The van der Waals surface area contributed by atoms with Crippen molar-refractivity contribution in [2.45, 2.75) is 13.8 Å². The van der Waals surface area contributed by atoms with Crippen LogP contribution in [0.15, 0.2) is 18.9 Å². The Labute approximate surface area is 111 Å². The molecule has 1 aromatic heterocycles. The van der Waals surface area contributed by atoms with Gasteiger partial charge in [-0.1, -0.05) is 18.7 Å². The van der Waals surface area contributed by atoms with Gasteiger partial charge in [-0.2, -0.15) is 0 Å². The third kappa shape index (κ3) is 2.91. The molecule has 6 heteroatoms. The van der Waals surface area contributed by atoms with Crippen molar-refractivity contribution in [2.24, 2.45) is 0 Å². The van der Waals surface area contributed by atoms with Gasteiger partial charge in [0, 0.05) is 28.0 Å². The van der Waals surface area contributed by atoms with Gasteiger partial charge in [0.1, 0.15) is 0 Å². The van der Waals surface area contributed by atoms with Gasteiger partial charge in [-0.25, -0.2) is 13.4 Å². The second kappa shape index (κ2) is 5.54. The highest BCUT2D eigenvalue weighted by Gasteiger charge is 2.21. The van der Waals surface area contributed by atoms with Gasteiger partial charge in [-0.15, -0.1) is 0 Å². The van der Waals surface area contributed by atoms with E-state index in [9.17, 15) is 8.42 Å². The van der Waals surface area contributed by atoms with Crippen LogP contribution >= 0.6 is 10.7 Å². The van der Waals surface area contributed by atoms with E-state index in [1.54, 1.807) is 19.1 Å². The average Bonchev–Trinajstić information content (AvgIpc) is 2.28. The van der Waals surface area contributed by atoms with Crippen molar-refractivity contribution in [3.05, 3.63) is 35.5 Å². The van der Waals surface area contributed by atoms with E-state index in [1.807, 2.05) is 6.92 Å². The first-order valence-electron chi connectivity index (χ1n) is 5.13. The number of hydrogen-bond acceptors (Lipinski definition) is 4. The fourth-order valence-electron chi connectivity index (χ4n) is 1.58. The smallest absolute Gasteiger partial charge is 0.261 e.